The molecule has 4 rings (SSSR count). The lowest BCUT2D eigenvalue weighted by atomic mass is 9.95. The number of carbonyl (C=O) groups is 2. The van der Waals surface area contributed by atoms with Crippen molar-refractivity contribution < 1.29 is 14.4 Å². The number of hydrogen-bond donors (Lipinski definition) is 1. The number of nitrogens with zero attached hydrogens (tertiary/aromatic N) is 1. The van der Waals surface area contributed by atoms with Crippen LogP contribution in [0.25, 0.3) is 11.1 Å². The molecule has 0 fully saturated rings. The van der Waals surface area contributed by atoms with Crippen LogP contribution in [0.15, 0.2) is 65.8 Å². The molecule has 5 nitrogen and oxygen atoms in total. The number of ketones is 1. The monoisotopic (exact) mass is 412 g/mol. The molecule has 0 amide bonds. The Labute approximate surface area is 181 Å². The number of hydrogen-bond acceptors (Lipinski definition) is 5. The van der Waals surface area contributed by atoms with Gasteiger partial charge < -0.3 is 10.2 Å². The van der Waals surface area contributed by atoms with Crippen LogP contribution in [0.3, 0.4) is 0 Å². The standard InChI is InChI=1S/C26H24N2O3/c1-15-7-5-6-8-20(15)26(30)19-10-12-22-24(14-19)23-13-18(16(2)28-31-17(3)29)9-11-21(23)25(22)27-4/h5-14,25,27H,1-4H3. The van der Waals surface area contributed by atoms with Gasteiger partial charge in [0, 0.05) is 18.1 Å². The summed E-state index contributed by atoms with van der Waals surface area (Å²) in [5.41, 5.74) is 8.14. The van der Waals surface area contributed by atoms with Gasteiger partial charge in [-0.1, -0.05) is 53.7 Å². The predicted octanol–water partition coefficient (Wildman–Crippen LogP) is 4.80. The first kappa shape index (κ1) is 20.7. The number of fused-ring (bicyclic) bond motifs is 3. The third-order valence-electron chi connectivity index (χ3n) is 5.69. The lowest BCUT2D eigenvalue weighted by Gasteiger charge is -2.13. The van der Waals surface area contributed by atoms with E-state index >= 15 is 0 Å². The van der Waals surface area contributed by atoms with Crippen LogP contribution in [0.2, 0.25) is 0 Å². The number of aryl methyl sites for hydroxylation is 1. The smallest absolute Gasteiger partial charge is 0.318 e. The molecule has 156 valence electrons. The minimum Gasteiger partial charge on any atom is -0.318 e. The Hall–Kier alpha value is -3.57. The van der Waals surface area contributed by atoms with Crippen LogP contribution in [-0.4, -0.2) is 24.5 Å². The molecule has 1 aliphatic carbocycles. The summed E-state index contributed by atoms with van der Waals surface area (Å²) in [5, 5.41) is 7.28. The van der Waals surface area contributed by atoms with E-state index in [9.17, 15) is 9.59 Å². The maximum Gasteiger partial charge on any atom is 0.331 e. The molecule has 0 aliphatic heterocycles. The van der Waals surface area contributed by atoms with Crippen molar-refractivity contribution in [2.24, 2.45) is 5.16 Å². The van der Waals surface area contributed by atoms with Gasteiger partial charge in [0.15, 0.2) is 5.78 Å². The van der Waals surface area contributed by atoms with Crippen molar-refractivity contribution in [2.75, 3.05) is 7.05 Å². The van der Waals surface area contributed by atoms with E-state index in [0.29, 0.717) is 16.8 Å². The quantitative estimate of drug-likeness (QED) is 0.283. The van der Waals surface area contributed by atoms with E-state index in [-0.39, 0.29) is 11.8 Å². The average Bonchev–Trinajstić information content (AvgIpc) is 3.09. The lowest BCUT2D eigenvalue weighted by Crippen LogP contribution is -2.15. The van der Waals surface area contributed by atoms with E-state index in [2.05, 4.69) is 16.5 Å². The van der Waals surface area contributed by atoms with Crippen molar-refractivity contribution in [1.29, 1.82) is 0 Å². The molecule has 1 aliphatic rings. The molecule has 0 saturated heterocycles. The molecule has 31 heavy (non-hydrogen) atoms. The van der Waals surface area contributed by atoms with Gasteiger partial charge in [-0.2, -0.15) is 0 Å². The third-order valence-corrected chi connectivity index (χ3v) is 5.69. The fraction of sp³-hybridized carbons (Fsp3) is 0.192. The van der Waals surface area contributed by atoms with Gasteiger partial charge >= 0.3 is 5.97 Å². The fourth-order valence-electron chi connectivity index (χ4n) is 4.10. The summed E-state index contributed by atoms with van der Waals surface area (Å²) in [4.78, 5) is 29.0. The van der Waals surface area contributed by atoms with Crippen molar-refractivity contribution in [3.8, 4) is 11.1 Å². The van der Waals surface area contributed by atoms with Crippen LogP contribution in [-0.2, 0) is 9.63 Å². The molecule has 3 aromatic carbocycles. The molecule has 0 bridgehead atoms. The van der Waals surface area contributed by atoms with Crippen LogP contribution in [0.4, 0.5) is 0 Å². The van der Waals surface area contributed by atoms with Crippen molar-refractivity contribution in [3.63, 3.8) is 0 Å². The number of nitrogens with one attached hydrogen (secondary N) is 1. The first-order chi connectivity index (χ1) is 14.9. The molecule has 0 heterocycles. The Morgan fingerprint density at radius 2 is 1.52 bits per heavy atom. The molecule has 0 radical (unpaired) electrons. The molecule has 1 N–H and O–H groups in total. The Morgan fingerprint density at radius 3 is 2.13 bits per heavy atom. The van der Waals surface area contributed by atoms with Crippen molar-refractivity contribution in [3.05, 3.63) is 94.0 Å². The normalized spacial score (nSPS) is 14.7. The highest BCUT2D eigenvalue weighted by atomic mass is 16.7. The number of rotatable bonds is 5. The highest BCUT2D eigenvalue weighted by Gasteiger charge is 2.29. The molecule has 5 heteroatoms. The second kappa shape index (κ2) is 8.28. The van der Waals surface area contributed by atoms with Crippen molar-refractivity contribution in [1.82, 2.24) is 5.32 Å². The lowest BCUT2D eigenvalue weighted by molar-refractivity contribution is -0.140. The first-order valence-electron chi connectivity index (χ1n) is 10.2. The first-order valence-corrected chi connectivity index (χ1v) is 10.2. The van der Waals surface area contributed by atoms with Gasteiger partial charge in [0.25, 0.3) is 0 Å². The molecule has 1 unspecified atom stereocenters. The van der Waals surface area contributed by atoms with Crippen LogP contribution >= 0.6 is 0 Å². The van der Waals surface area contributed by atoms with Crippen LogP contribution < -0.4 is 5.32 Å². The van der Waals surface area contributed by atoms with Crippen molar-refractivity contribution >= 4 is 17.5 Å². The van der Waals surface area contributed by atoms with Crippen molar-refractivity contribution in [2.45, 2.75) is 26.8 Å². The van der Waals surface area contributed by atoms with Gasteiger partial charge in [-0.05, 0) is 66.4 Å². The molecule has 1 atom stereocenters. The number of oxime groups is 1. The van der Waals surface area contributed by atoms with E-state index < -0.39 is 5.97 Å². The number of benzene rings is 3. The van der Waals surface area contributed by atoms with Gasteiger partial charge in [-0.3, -0.25) is 4.79 Å². The maximum atomic E-state index is 13.2. The van der Waals surface area contributed by atoms with Gasteiger partial charge in [0.2, 0.25) is 0 Å². The highest BCUT2D eigenvalue weighted by molar-refractivity contribution is 6.11. The zero-order valence-corrected chi connectivity index (χ0v) is 18.0. The van der Waals surface area contributed by atoms with Gasteiger partial charge in [-0.15, -0.1) is 0 Å². The summed E-state index contributed by atoms with van der Waals surface area (Å²) >= 11 is 0. The van der Waals surface area contributed by atoms with E-state index in [0.717, 1.165) is 33.4 Å². The maximum absolute atomic E-state index is 13.2. The molecule has 0 aromatic heterocycles. The predicted molar refractivity (Wildman–Crippen MR) is 121 cm³/mol. The average molecular weight is 412 g/mol. The Morgan fingerprint density at radius 1 is 0.903 bits per heavy atom. The van der Waals surface area contributed by atoms with E-state index in [1.54, 1.807) is 6.92 Å². The Balaban J connectivity index is 1.79. The highest BCUT2D eigenvalue weighted by Crippen LogP contribution is 2.44. The Bertz CT molecular complexity index is 1230. The molecular weight excluding hydrogens is 388 g/mol. The summed E-state index contributed by atoms with van der Waals surface area (Å²) in [6, 6.07) is 19.6. The van der Waals surface area contributed by atoms with Gasteiger partial charge in [-0.25, -0.2) is 4.79 Å². The summed E-state index contributed by atoms with van der Waals surface area (Å²) < 4.78 is 0. The van der Waals surface area contributed by atoms with Gasteiger partial charge in [0.05, 0.1) is 11.8 Å². The molecule has 0 spiro atoms. The van der Waals surface area contributed by atoms with Crippen LogP contribution in [0, 0.1) is 6.92 Å². The molecular formula is C26H24N2O3. The topological polar surface area (TPSA) is 67.8 Å². The summed E-state index contributed by atoms with van der Waals surface area (Å²) in [5.74, 6) is -0.445. The summed E-state index contributed by atoms with van der Waals surface area (Å²) in [6.45, 7) is 5.07. The largest absolute Gasteiger partial charge is 0.331 e. The van der Waals surface area contributed by atoms with Gasteiger partial charge in [0.1, 0.15) is 0 Å². The number of carbonyl (C=O) groups excluding carboxylic acids is 2. The van der Waals surface area contributed by atoms with E-state index in [1.807, 2.05) is 68.6 Å². The summed E-state index contributed by atoms with van der Waals surface area (Å²) in [6.07, 6.45) is 0. The second-order valence-electron chi connectivity index (χ2n) is 7.73. The summed E-state index contributed by atoms with van der Waals surface area (Å²) in [7, 11) is 1.93. The minimum atomic E-state index is -0.458. The molecule has 0 saturated carbocycles. The van der Waals surface area contributed by atoms with E-state index in [1.165, 1.54) is 6.92 Å². The third kappa shape index (κ3) is 3.80. The Kier molecular flexibility index (Phi) is 5.53. The zero-order valence-electron chi connectivity index (χ0n) is 18.0. The zero-order chi connectivity index (χ0) is 22.1. The SMILES string of the molecule is CNC1c2ccc(C(=O)c3ccccc3C)cc2-c2cc(C(C)=NOC(C)=O)ccc21. The minimum absolute atomic E-state index is 0.0131. The second-order valence-corrected chi connectivity index (χ2v) is 7.73. The van der Waals surface area contributed by atoms with Crippen LogP contribution in [0.5, 0.6) is 0 Å². The van der Waals surface area contributed by atoms with Crippen LogP contribution in [0.1, 0.15) is 58.1 Å². The van der Waals surface area contributed by atoms with E-state index in [4.69, 9.17) is 4.84 Å². The molecule has 3 aromatic rings. The fourth-order valence-corrected chi connectivity index (χ4v) is 4.10.